The second kappa shape index (κ2) is 3.03. The molecule has 0 aliphatic rings. The van der Waals surface area contributed by atoms with E-state index >= 15 is 0 Å². The van der Waals surface area contributed by atoms with Gasteiger partial charge in [0.05, 0.1) is 0 Å². The molecule has 1 aromatic rings. The fraction of sp³-hybridized carbons (Fsp3) is 0. The number of benzene rings is 1. The summed E-state index contributed by atoms with van der Waals surface area (Å²) < 4.78 is 28.1. The third kappa shape index (κ3) is 2.38. The Labute approximate surface area is 71.6 Å². The number of hydrogen-bond acceptors (Lipinski definition) is 1. The van der Waals surface area contributed by atoms with Gasteiger partial charge in [0.2, 0.25) is 0 Å². The van der Waals surface area contributed by atoms with Crippen LogP contribution in [0.4, 0.5) is 0 Å². The Hall–Kier alpha value is -0.212. The fourth-order valence-corrected chi connectivity index (χ4v) is 2.25. The van der Waals surface area contributed by atoms with Crippen molar-refractivity contribution in [2.24, 2.45) is 0 Å². The summed E-state index contributed by atoms with van der Waals surface area (Å²) in [7, 11) is 0. The van der Waals surface area contributed by atoms with Crippen LogP contribution in [0.1, 0.15) is 0 Å². The zero-order valence-electron chi connectivity index (χ0n) is 5.44. The van der Waals surface area contributed by atoms with Gasteiger partial charge >= 0.3 is 71.3 Å². The van der Waals surface area contributed by atoms with E-state index in [1.165, 1.54) is 18.2 Å². The molecule has 0 aliphatic heterocycles. The van der Waals surface area contributed by atoms with Crippen molar-refractivity contribution in [3.63, 3.8) is 0 Å². The van der Waals surface area contributed by atoms with E-state index in [1.807, 2.05) is 0 Å². The summed E-state index contributed by atoms with van der Waals surface area (Å²) in [5, 5.41) is 0.340. The molecule has 0 saturated carbocycles. The molecule has 0 radical (unpaired) electrons. The second-order valence-electron chi connectivity index (χ2n) is 2.02. The molecule has 5 heteroatoms. The third-order valence-corrected chi connectivity index (χ3v) is 3.37. The van der Waals surface area contributed by atoms with E-state index in [0.717, 1.165) is 0 Å². The van der Waals surface area contributed by atoms with Crippen molar-refractivity contribution < 1.29 is 11.9 Å². The molecule has 0 spiro atoms. The van der Waals surface area contributed by atoms with Gasteiger partial charge < -0.3 is 0 Å². The molecule has 0 atom stereocenters. The minimum atomic E-state index is -4.72. The molecular weight excluding hydrogens is 230 g/mol. The summed E-state index contributed by atoms with van der Waals surface area (Å²) in [6, 6.07) is 5.72. The first-order chi connectivity index (χ1) is 5.00. The van der Waals surface area contributed by atoms with Gasteiger partial charge in [-0.3, -0.25) is 0 Å². The quantitative estimate of drug-likeness (QED) is 0.670. The van der Waals surface area contributed by atoms with E-state index in [4.69, 9.17) is 19.8 Å². The van der Waals surface area contributed by atoms with Gasteiger partial charge in [0.15, 0.2) is 0 Å². The maximum absolute atomic E-state index is 10.7. The summed E-state index contributed by atoms with van der Waals surface area (Å²) in [5.41, 5.74) is 0. The third-order valence-electron chi connectivity index (χ3n) is 1.14. The molecule has 1 aromatic carbocycles. The summed E-state index contributed by atoms with van der Waals surface area (Å²) >= 11 is 0.798. The van der Waals surface area contributed by atoms with Gasteiger partial charge in [-0.05, 0) is 0 Å². The normalized spacial score (nSPS) is 11.5. The van der Waals surface area contributed by atoms with Crippen LogP contribution in [0.2, 0.25) is 5.02 Å². The van der Waals surface area contributed by atoms with E-state index in [0.29, 0.717) is 5.02 Å². The molecular formula is C6H6AsClO3. The van der Waals surface area contributed by atoms with Crippen molar-refractivity contribution in [1.29, 1.82) is 0 Å². The molecule has 0 bridgehead atoms. The van der Waals surface area contributed by atoms with Gasteiger partial charge in [-0.25, -0.2) is 0 Å². The van der Waals surface area contributed by atoms with E-state index < -0.39 is 14.2 Å². The molecule has 0 fully saturated rings. The molecule has 11 heavy (non-hydrogen) atoms. The van der Waals surface area contributed by atoms with Crippen LogP contribution in [0, 0.1) is 0 Å². The molecule has 1 rings (SSSR count). The molecule has 0 amide bonds. The van der Waals surface area contributed by atoms with Crippen molar-refractivity contribution >= 4 is 30.1 Å². The van der Waals surface area contributed by atoms with Crippen LogP contribution in [-0.2, 0) is 3.74 Å². The molecule has 60 valence electrons. The monoisotopic (exact) mass is 236 g/mol. The van der Waals surface area contributed by atoms with Gasteiger partial charge in [0.25, 0.3) is 0 Å². The zero-order chi connectivity index (χ0) is 8.48. The van der Waals surface area contributed by atoms with Crippen LogP contribution in [0.5, 0.6) is 0 Å². The molecule has 0 unspecified atom stereocenters. The number of hydrogen-bond donors (Lipinski definition) is 2. The Morgan fingerprint density at radius 1 is 1.36 bits per heavy atom. The second-order valence-corrected chi connectivity index (χ2v) is 5.83. The number of rotatable bonds is 1. The maximum atomic E-state index is 10.7. The van der Waals surface area contributed by atoms with Crippen LogP contribution in [0.15, 0.2) is 24.3 Å². The van der Waals surface area contributed by atoms with E-state index in [-0.39, 0.29) is 4.35 Å². The predicted molar refractivity (Wildman–Crippen MR) is 42.0 cm³/mol. The van der Waals surface area contributed by atoms with E-state index in [2.05, 4.69) is 0 Å². The first kappa shape index (κ1) is 8.88. The van der Waals surface area contributed by atoms with Gasteiger partial charge in [0.1, 0.15) is 0 Å². The Kier molecular flexibility index (Phi) is 2.45. The van der Waals surface area contributed by atoms with Crippen LogP contribution in [0.25, 0.3) is 0 Å². The molecule has 0 aliphatic carbocycles. The van der Waals surface area contributed by atoms with Crippen LogP contribution in [-0.4, -0.2) is 22.4 Å². The summed E-state index contributed by atoms with van der Waals surface area (Å²) in [5.74, 6) is 0. The SMILES string of the molecule is O=[As](O)(O)c1cccc(Cl)c1. The van der Waals surface area contributed by atoms with Crippen molar-refractivity contribution in [2.75, 3.05) is 0 Å². The summed E-state index contributed by atoms with van der Waals surface area (Å²) in [4.78, 5) is 0. The topological polar surface area (TPSA) is 57.5 Å². The Bertz CT molecular complexity index is 306. The molecule has 2 N–H and O–H groups in total. The van der Waals surface area contributed by atoms with Gasteiger partial charge in [0, 0.05) is 0 Å². The van der Waals surface area contributed by atoms with E-state index in [1.54, 1.807) is 6.07 Å². The van der Waals surface area contributed by atoms with Crippen molar-refractivity contribution in [3.8, 4) is 0 Å². The van der Waals surface area contributed by atoms with Crippen molar-refractivity contribution in [1.82, 2.24) is 0 Å². The predicted octanol–water partition coefficient (Wildman–Crippen LogP) is -0.0990. The Balaban J connectivity index is 3.17. The standard InChI is InChI=1S/C6H6AsClO3/c8-6-3-1-2-5(4-6)7(9,10)11/h1-4H,(H2,9,10,11). The Morgan fingerprint density at radius 2 is 2.00 bits per heavy atom. The van der Waals surface area contributed by atoms with Crippen molar-refractivity contribution in [3.05, 3.63) is 29.3 Å². The molecule has 0 saturated heterocycles. The summed E-state index contributed by atoms with van der Waals surface area (Å²) in [6.07, 6.45) is 0. The molecule has 3 nitrogen and oxygen atoms in total. The fourth-order valence-electron chi connectivity index (χ4n) is 0.657. The van der Waals surface area contributed by atoms with Crippen LogP contribution in [0.3, 0.4) is 0 Å². The van der Waals surface area contributed by atoms with Gasteiger partial charge in [-0.1, -0.05) is 0 Å². The average molecular weight is 236 g/mol. The van der Waals surface area contributed by atoms with E-state index in [9.17, 15) is 3.74 Å². The van der Waals surface area contributed by atoms with Crippen LogP contribution < -0.4 is 4.35 Å². The Morgan fingerprint density at radius 3 is 2.36 bits per heavy atom. The van der Waals surface area contributed by atoms with Crippen LogP contribution >= 0.6 is 11.6 Å². The van der Waals surface area contributed by atoms with Gasteiger partial charge in [-0.15, -0.1) is 0 Å². The summed E-state index contributed by atoms with van der Waals surface area (Å²) in [6.45, 7) is 0. The first-order valence-corrected chi connectivity index (χ1v) is 6.58. The first-order valence-electron chi connectivity index (χ1n) is 2.82. The van der Waals surface area contributed by atoms with Gasteiger partial charge in [-0.2, -0.15) is 0 Å². The molecule has 0 aromatic heterocycles. The number of halogens is 1. The average Bonchev–Trinajstić information content (AvgIpc) is 1.86. The zero-order valence-corrected chi connectivity index (χ0v) is 8.07. The molecule has 0 heterocycles. The minimum absolute atomic E-state index is 0.00984. The van der Waals surface area contributed by atoms with Crippen molar-refractivity contribution in [2.45, 2.75) is 0 Å².